The van der Waals surface area contributed by atoms with E-state index in [0.29, 0.717) is 17.1 Å². The van der Waals surface area contributed by atoms with Gasteiger partial charge in [0.05, 0.1) is 0 Å². The van der Waals surface area contributed by atoms with Crippen molar-refractivity contribution >= 4 is 27.7 Å². The number of sulfonamides is 1. The van der Waals surface area contributed by atoms with Gasteiger partial charge in [-0.25, -0.2) is 22.5 Å². The van der Waals surface area contributed by atoms with Crippen LogP contribution >= 0.6 is 11.8 Å². The van der Waals surface area contributed by atoms with Gasteiger partial charge in [0.1, 0.15) is 16.8 Å². The van der Waals surface area contributed by atoms with Gasteiger partial charge in [-0.1, -0.05) is 18.2 Å². The number of thioether (sulfide) groups is 1. The summed E-state index contributed by atoms with van der Waals surface area (Å²) in [5.74, 6) is -0.286. The molecular weight excluding hydrogens is 441 g/mol. The first kappa shape index (κ1) is 22.9. The summed E-state index contributed by atoms with van der Waals surface area (Å²) in [4.78, 5) is 16.6. The van der Waals surface area contributed by atoms with Crippen molar-refractivity contribution in [2.24, 2.45) is 0 Å². The second kappa shape index (κ2) is 10.5. The average molecular weight is 464 g/mol. The number of hydrogen-bond acceptors (Lipinski definition) is 6. The molecule has 31 heavy (non-hydrogen) atoms. The van der Waals surface area contributed by atoms with Gasteiger partial charge >= 0.3 is 0 Å². The topological polar surface area (TPSA) is 106 Å². The van der Waals surface area contributed by atoms with E-state index in [4.69, 9.17) is 0 Å². The molecule has 0 aliphatic heterocycles. The van der Waals surface area contributed by atoms with Crippen LogP contribution in [0.25, 0.3) is 5.82 Å². The Balaban J connectivity index is 1.75. The molecule has 1 unspecified atom stereocenters. The van der Waals surface area contributed by atoms with Crippen molar-refractivity contribution < 1.29 is 17.6 Å². The number of pyridine rings is 1. The molecule has 1 atom stereocenters. The molecule has 3 rings (SSSR count). The first-order valence-electron chi connectivity index (χ1n) is 9.40. The molecule has 11 heteroatoms. The third kappa shape index (κ3) is 5.90. The van der Waals surface area contributed by atoms with Gasteiger partial charge < -0.3 is 5.32 Å². The summed E-state index contributed by atoms with van der Waals surface area (Å²) in [5.41, 5.74) is 0.708. The van der Waals surface area contributed by atoms with Crippen LogP contribution in [0.1, 0.15) is 12.0 Å². The first-order valence-corrected chi connectivity index (χ1v) is 12.3. The zero-order chi connectivity index (χ0) is 22.3. The lowest BCUT2D eigenvalue weighted by atomic mass is 10.2. The summed E-state index contributed by atoms with van der Waals surface area (Å²) >= 11 is 1.48. The molecule has 1 amide bonds. The maximum atomic E-state index is 14.0. The molecule has 0 saturated carbocycles. The van der Waals surface area contributed by atoms with Gasteiger partial charge in [-0.3, -0.25) is 4.79 Å². The van der Waals surface area contributed by atoms with Crippen molar-refractivity contribution in [2.45, 2.75) is 23.9 Å². The highest BCUT2D eigenvalue weighted by Crippen LogP contribution is 2.15. The van der Waals surface area contributed by atoms with Crippen molar-refractivity contribution in [3.63, 3.8) is 0 Å². The summed E-state index contributed by atoms with van der Waals surface area (Å²) in [6.07, 6.45) is 7.07. The molecule has 3 aromatic rings. The summed E-state index contributed by atoms with van der Waals surface area (Å²) in [6, 6.07) is 9.28. The molecule has 0 bridgehead atoms. The Kier molecular flexibility index (Phi) is 7.77. The smallest absolute Gasteiger partial charge is 0.244 e. The zero-order valence-electron chi connectivity index (χ0n) is 16.7. The van der Waals surface area contributed by atoms with E-state index in [1.807, 2.05) is 6.26 Å². The summed E-state index contributed by atoms with van der Waals surface area (Å²) in [7, 11) is -4.21. The number of amides is 1. The van der Waals surface area contributed by atoms with Gasteiger partial charge in [0.15, 0.2) is 5.82 Å². The average Bonchev–Trinajstić information content (AvgIpc) is 3.30. The molecule has 2 aromatic heterocycles. The zero-order valence-corrected chi connectivity index (χ0v) is 18.4. The van der Waals surface area contributed by atoms with Crippen LogP contribution in [0.15, 0.2) is 66.0 Å². The van der Waals surface area contributed by atoms with Crippen molar-refractivity contribution in [3.05, 3.63) is 72.4 Å². The third-order valence-corrected chi connectivity index (χ3v) is 6.54. The minimum atomic E-state index is -4.21. The Morgan fingerprint density at radius 2 is 2.00 bits per heavy atom. The highest BCUT2D eigenvalue weighted by Gasteiger charge is 2.27. The third-order valence-electron chi connectivity index (χ3n) is 4.39. The lowest BCUT2D eigenvalue weighted by Gasteiger charge is -2.19. The Morgan fingerprint density at radius 1 is 1.19 bits per heavy atom. The maximum Gasteiger partial charge on any atom is 0.244 e. The van der Waals surface area contributed by atoms with E-state index in [9.17, 15) is 17.6 Å². The van der Waals surface area contributed by atoms with Crippen LogP contribution in [-0.4, -0.2) is 47.1 Å². The van der Waals surface area contributed by atoms with E-state index in [-0.39, 0.29) is 13.0 Å². The summed E-state index contributed by atoms with van der Waals surface area (Å²) < 4.78 is 43.2. The Morgan fingerprint density at radius 3 is 2.71 bits per heavy atom. The summed E-state index contributed by atoms with van der Waals surface area (Å²) in [6.45, 7) is 0.124. The van der Waals surface area contributed by atoms with E-state index >= 15 is 0 Å². The summed E-state index contributed by atoms with van der Waals surface area (Å²) in [5, 5.41) is 6.90. The van der Waals surface area contributed by atoms with Crippen LogP contribution < -0.4 is 10.0 Å². The molecule has 0 radical (unpaired) electrons. The number of rotatable bonds is 10. The normalized spacial score (nSPS) is 12.5. The quantitative estimate of drug-likeness (QED) is 0.477. The van der Waals surface area contributed by atoms with Gasteiger partial charge in [-0.2, -0.15) is 21.6 Å². The van der Waals surface area contributed by atoms with Crippen molar-refractivity contribution in [1.82, 2.24) is 24.8 Å². The standard InChI is InChI=1S/C20H22FN5O3S2/c1-30-13-9-17(25-31(28,29)18-8-3-2-7-16(18)21)20(27)23-14-15-6-4-10-22-19(15)26-12-5-11-24-26/h2-8,10-12,17,25H,9,13-14H2,1H3,(H,23,27). The fraction of sp³-hybridized carbons (Fsp3) is 0.250. The van der Waals surface area contributed by atoms with Gasteiger partial charge in [-0.15, -0.1) is 0 Å². The van der Waals surface area contributed by atoms with Gasteiger partial charge in [-0.05, 0) is 42.7 Å². The number of aromatic nitrogens is 3. The lowest BCUT2D eigenvalue weighted by molar-refractivity contribution is -0.122. The van der Waals surface area contributed by atoms with E-state index in [1.54, 1.807) is 41.5 Å². The number of benzene rings is 1. The molecule has 8 nitrogen and oxygen atoms in total. The van der Waals surface area contributed by atoms with E-state index in [1.165, 1.54) is 23.9 Å². The van der Waals surface area contributed by atoms with E-state index in [0.717, 1.165) is 12.1 Å². The van der Waals surface area contributed by atoms with Crippen LogP contribution in [-0.2, 0) is 21.4 Å². The fourth-order valence-corrected chi connectivity index (χ4v) is 4.65. The largest absolute Gasteiger partial charge is 0.350 e. The van der Waals surface area contributed by atoms with Crippen molar-refractivity contribution in [2.75, 3.05) is 12.0 Å². The van der Waals surface area contributed by atoms with Gasteiger partial charge in [0.25, 0.3) is 0 Å². The van der Waals surface area contributed by atoms with Gasteiger partial charge in [0.2, 0.25) is 15.9 Å². The van der Waals surface area contributed by atoms with Crippen LogP contribution in [0, 0.1) is 5.82 Å². The number of hydrogen-bond donors (Lipinski definition) is 2. The van der Waals surface area contributed by atoms with Crippen LogP contribution in [0.4, 0.5) is 4.39 Å². The molecule has 1 aromatic carbocycles. The van der Waals surface area contributed by atoms with E-state index < -0.39 is 32.7 Å². The molecule has 2 N–H and O–H groups in total. The molecule has 0 saturated heterocycles. The van der Waals surface area contributed by atoms with Crippen molar-refractivity contribution in [3.8, 4) is 5.82 Å². The minimum Gasteiger partial charge on any atom is -0.350 e. The van der Waals surface area contributed by atoms with Crippen molar-refractivity contribution in [1.29, 1.82) is 0 Å². The number of carbonyl (C=O) groups excluding carboxylic acids is 1. The van der Waals surface area contributed by atoms with E-state index in [2.05, 4.69) is 20.1 Å². The lowest BCUT2D eigenvalue weighted by Crippen LogP contribution is -2.47. The molecule has 164 valence electrons. The maximum absolute atomic E-state index is 14.0. The van der Waals surface area contributed by atoms with Crippen LogP contribution in [0.5, 0.6) is 0 Å². The number of carbonyl (C=O) groups is 1. The van der Waals surface area contributed by atoms with Crippen LogP contribution in [0.3, 0.4) is 0 Å². The first-order chi connectivity index (χ1) is 14.9. The second-order valence-electron chi connectivity index (χ2n) is 6.54. The Hall–Kier alpha value is -2.76. The minimum absolute atomic E-state index is 0.124. The highest BCUT2D eigenvalue weighted by molar-refractivity contribution is 7.98. The molecule has 0 aliphatic rings. The monoisotopic (exact) mass is 463 g/mol. The molecule has 0 spiro atoms. The van der Waals surface area contributed by atoms with Crippen LogP contribution in [0.2, 0.25) is 0 Å². The van der Waals surface area contributed by atoms with Gasteiger partial charge in [0, 0.05) is 30.7 Å². The fourth-order valence-electron chi connectivity index (χ4n) is 2.87. The number of nitrogens with zero attached hydrogens (tertiary/aromatic N) is 3. The Bertz CT molecular complexity index is 1120. The molecule has 0 aliphatic carbocycles. The number of nitrogens with one attached hydrogen (secondary N) is 2. The molecule has 0 fully saturated rings. The second-order valence-corrected chi connectivity index (χ2v) is 9.21. The predicted molar refractivity (Wildman–Crippen MR) is 117 cm³/mol. The molecular formula is C20H22FN5O3S2. The molecule has 2 heterocycles. The number of halogens is 1. The SMILES string of the molecule is CSCCC(NS(=O)(=O)c1ccccc1F)C(=O)NCc1cccnc1-n1cccn1. The highest BCUT2D eigenvalue weighted by atomic mass is 32.2. The Labute approximate surface area is 184 Å². The predicted octanol–water partition coefficient (Wildman–Crippen LogP) is 2.12.